The van der Waals surface area contributed by atoms with Crippen LogP contribution in [0.1, 0.15) is 141 Å². The van der Waals surface area contributed by atoms with Crippen molar-refractivity contribution in [2.75, 3.05) is 58.6 Å². The summed E-state index contributed by atoms with van der Waals surface area (Å²) in [6.07, 6.45) is 9.53. The summed E-state index contributed by atoms with van der Waals surface area (Å²) in [6, 6.07) is 76.3. The summed E-state index contributed by atoms with van der Waals surface area (Å²) in [6.45, 7) is 4.91. The van der Waals surface area contributed by atoms with Gasteiger partial charge in [-0.05, 0) is 294 Å². The molecule has 0 radical (unpaired) electrons. The van der Waals surface area contributed by atoms with Crippen molar-refractivity contribution >= 4 is 86.0 Å². The van der Waals surface area contributed by atoms with E-state index in [9.17, 15) is 17.1 Å². The number of halogens is 1. The molecule has 0 heterocycles. The van der Waals surface area contributed by atoms with Crippen LogP contribution in [0, 0.1) is 59.5 Å². The van der Waals surface area contributed by atoms with E-state index >= 15 is 0 Å². The minimum atomic E-state index is -4.50. The Hall–Kier alpha value is -16.9. The predicted octanol–water partition coefficient (Wildman–Crippen LogP) is 12.1. The second-order valence-corrected chi connectivity index (χ2v) is 30.4. The molecule has 37 heteroatoms. The van der Waals surface area contributed by atoms with Gasteiger partial charge in [0.05, 0.1) is 52.9 Å². The molecule has 0 saturated carbocycles. The highest BCUT2D eigenvalue weighted by molar-refractivity contribution is 7.85. The van der Waals surface area contributed by atoms with Crippen LogP contribution in [-0.4, -0.2) is 131 Å². The first-order valence-electron chi connectivity index (χ1n) is 41.8. The Morgan fingerprint density at radius 2 is 0.343 bits per heavy atom. The molecule has 37 N–H and O–H groups in total. The summed E-state index contributed by atoms with van der Waals surface area (Å²) in [5, 5.41) is 79.9. The number of ether oxygens (including phenoxy) is 8. The fraction of sp³-hybridized carbons (Fsp3) is 0.196. The first-order chi connectivity index (χ1) is 63.9. The first kappa shape index (κ1) is 108. The van der Waals surface area contributed by atoms with Gasteiger partial charge in [0, 0.05) is 78.9 Å². The molecular weight excluding hydrogens is 1730 g/mol. The number of carbonyl (C=O) groups excluding carboxylic acids is 1. The minimum absolute atomic E-state index is 0.0222. The number of amidine groups is 11. The fourth-order valence-corrected chi connectivity index (χ4v) is 11.6. The lowest BCUT2D eigenvalue weighted by atomic mass is 10.1. The molecule has 11 rings (SSSR count). The van der Waals surface area contributed by atoms with Crippen molar-refractivity contribution in [1.29, 1.82) is 59.5 Å². The number of primary amides is 1. The van der Waals surface area contributed by atoms with Gasteiger partial charge in [0.1, 0.15) is 116 Å². The number of hydrogen-bond donors (Lipinski definition) is 24. The molecule has 11 aromatic carbocycles. The van der Waals surface area contributed by atoms with Crippen molar-refractivity contribution in [3.8, 4) is 46.0 Å². The molecule has 0 aliphatic heterocycles. The van der Waals surface area contributed by atoms with E-state index in [1.165, 1.54) is 24.3 Å². The Morgan fingerprint density at radius 1 is 0.209 bits per heavy atom. The van der Waals surface area contributed by atoms with E-state index in [-0.39, 0.29) is 64.2 Å². The molecule has 0 aromatic heterocycles. The standard InChI is InChI=1S/C20H26N4O2.C19H24N4O2.C18H22N4O2.C17H20N4O2.C8H9FN2O2S.C8H9N3O.C7H9N3/c21-19(22)15-5-9-17(10-6-15)25-13-3-1-2-4-14-26-18-11-7-16(8-12-18)20(23)24;20-18(21)14-4-8-16(9-5-14)24-12-2-1-3-13-25-17-10-6-15(7-11-17)19(22)23;19-17(20)13-3-7-15(8-4-13)23-11-1-2-12-24-16-9-5-14(6-10-16)18(21)22;18-16(19)12-2-6-14(7-3-12)22-10-1-11-23-15-8-4-13(5-9-15)17(20)21;9-14(12,13)5-6-1-3-7(4-2-6)8(10)11;9-7(10)5-1-3-6(4-2-5)8(11)12;8-6-3-1-5(2-4-6)7(9)10/h5-12H,1-4,13-14H2,(H3,21,22)(H3,23,24);4-11H,1-3,12-13H2,(H3,20,21)(H3,22,23);3-10H,1-2,11-12H2,(H3,19,20)(H3,21,22);2-9H,1,10-11H2,(H3,18,19)(H3,20,21);1-4H,5H2,(H3,10,11);1-4H,(H3,9,10)(H2,11,12);1-4H,8H2,(H3,9,10). The Morgan fingerprint density at radius 3 is 0.507 bits per heavy atom. The zero-order valence-electron chi connectivity index (χ0n) is 74.1. The van der Waals surface area contributed by atoms with Gasteiger partial charge in [-0.15, -0.1) is 3.89 Å². The maximum absolute atomic E-state index is 12.2. The number of rotatable bonds is 44. The summed E-state index contributed by atoms with van der Waals surface area (Å²) in [5.74, 6) is 5.40. The molecule has 1 amide bonds. The number of hydrogen-bond acceptors (Lipinski definition) is 23. The van der Waals surface area contributed by atoms with Gasteiger partial charge < -0.3 is 112 Å². The maximum atomic E-state index is 12.2. The Labute approximate surface area is 778 Å². The SMILES string of the molecule is N=C(N)c1ccc(C(N)=O)cc1.N=C(N)c1ccc(CS(=O)(=O)F)cc1.N=C(N)c1ccc(N)cc1.N=C(N)c1ccc(OCCCCCCOc2ccc(C(=N)N)cc2)cc1.N=C(N)c1ccc(OCCCCCOc2ccc(C(=N)N)cc2)cc1.N=C(N)c1ccc(OCCCCOc2ccc(C(=N)N)cc2)cc1.N=C(N)c1ccc(OCCCOc2ccc(C(=N)N)cc2)cc1. The molecule has 35 nitrogen and oxygen atoms in total. The molecule has 706 valence electrons. The van der Waals surface area contributed by atoms with Crippen LogP contribution < -0.4 is 112 Å². The van der Waals surface area contributed by atoms with E-state index in [1.807, 2.05) is 72.8 Å². The van der Waals surface area contributed by atoms with Gasteiger partial charge in [-0.1, -0.05) is 36.4 Å². The van der Waals surface area contributed by atoms with E-state index in [0.29, 0.717) is 131 Å². The normalized spacial score (nSPS) is 10.2. The lowest BCUT2D eigenvalue weighted by Crippen LogP contribution is -2.13. The van der Waals surface area contributed by atoms with Crippen LogP contribution in [0.3, 0.4) is 0 Å². The lowest BCUT2D eigenvalue weighted by molar-refractivity contribution is 0.1000. The monoisotopic (exact) mass is 1850 g/mol. The average molecular weight is 1850 g/mol. The van der Waals surface area contributed by atoms with Crippen LogP contribution in [0.4, 0.5) is 9.57 Å². The van der Waals surface area contributed by atoms with Crippen molar-refractivity contribution in [3.63, 3.8) is 0 Å². The van der Waals surface area contributed by atoms with Crippen LogP contribution in [0.15, 0.2) is 267 Å². The van der Waals surface area contributed by atoms with Crippen molar-refractivity contribution in [2.45, 2.75) is 70.0 Å². The van der Waals surface area contributed by atoms with Crippen LogP contribution in [0.2, 0.25) is 0 Å². The number of unbranched alkanes of at least 4 members (excludes halogenated alkanes) is 6. The largest absolute Gasteiger partial charge is 0.494 e. The summed E-state index contributed by atoms with van der Waals surface area (Å²) in [7, 11) is -4.50. The van der Waals surface area contributed by atoms with Crippen molar-refractivity contribution < 1.29 is 55.0 Å². The predicted molar refractivity (Wildman–Crippen MR) is 529 cm³/mol. The Balaban J connectivity index is 0.000000282. The van der Waals surface area contributed by atoms with Gasteiger partial charge in [0.25, 0.3) is 0 Å². The number of amides is 1. The highest BCUT2D eigenvalue weighted by Gasteiger charge is 2.11. The molecule has 0 unspecified atom stereocenters. The number of carbonyl (C=O) groups is 1. The zero-order chi connectivity index (χ0) is 98.3. The highest BCUT2D eigenvalue weighted by atomic mass is 32.3. The molecule has 0 atom stereocenters. The van der Waals surface area contributed by atoms with E-state index in [2.05, 4.69) is 0 Å². The third-order valence-corrected chi connectivity index (χ3v) is 19.1. The number of nitrogens with one attached hydrogen (secondary N) is 11. The lowest BCUT2D eigenvalue weighted by Gasteiger charge is -2.09. The summed E-state index contributed by atoms with van der Waals surface area (Å²) < 4.78 is 77.9. The number of nitrogens with two attached hydrogens (primary N) is 13. The Kier molecular flexibility index (Phi) is 47.1. The fourth-order valence-electron chi connectivity index (χ4n) is 11.0. The van der Waals surface area contributed by atoms with Crippen LogP contribution in [-0.2, 0) is 16.0 Å². The zero-order valence-corrected chi connectivity index (χ0v) is 74.9. The number of nitrogen functional groups attached to an aromatic ring is 12. The van der Waals surface area contributed by atoms with Crippen LogP contribution >= 0.6 is 0 Å². The van der Waals surface area contributed by atoms with Gasteiger partial charge in [-0.3, -0.25) is 64.3 Å². The molecule has 11 aromatic rings. The van der Waals surface area contributed by atoms with Gasteiger partial charge in [-0.25, -0.2) is 0 Å². The van der Waals surface area contributed by atoms with E-state index in [1.54, 1.807) is 170 Å². The molecule has 134 heavy (non-hydrogen) atoms. The van der Waals surface area contributed by atoms with E-state index in [4.69, 9.17) is 172 Å². The second-order valence-electron chi connectivity index (χ2n) is 29.0. The van der Waals surface area contributed by atoms with Gasteiger partial charge in [0.15, 0.2) is 0 Å². The second kappa shape index (κ2) is 58.6. The molecule has 0 aliphatic rings. The average Bonchev–Trinajstić information content (AvgIpc) is 0.875. The quantitative estimate of drug-likeness (QED) is 0.00554. The molecule has 0 saturated heterocycles. The van der Waals surface area contributed by atoms with Crippen molar-refractivity contribution in [1.82, 2.24) is 0 Å². The van der Waals surface area contributed by atoms with Crippen LogP contribution in [0.25, 0.3) is 0 Å². The van der Waals surface area contributed by atoms with Crippen molar-refractivity contribution in [3.05, 3.63) is 339 Å². The minimum Gasteiger partial charge on any atom is -0.494 e. The van der Waals surface area contributed by atoms with Gasteiger partial charge in [0.2, 0.25) is 5.91 Å². The summed E-state index contributed by atoms with van der Waals surface area (Å²) in [5.41, 5.74) is 78.0. The third-order valence-electron chi connectivity index (χ3n) is 18.4. The third kappa shape index (κ3) is 44.2. The highest BCUT2D eigenvalue weighted by Crippen LogP contribution is 2.22. The van der Waals surface area contributed by atoms with Gasteiger partial charge >= 0.3 is 10.2 Å². The number of anilines is 1. The van der Waals surface area contributed by atoms with E-state index < -0.39 is 21.9 Å². The van der Waals surface area contributed by atoms with E-state index in [0.717, 1.165) is 110 Å². The smallest absolute Gasteiger partial charge is 0.306 e. The van der Waals surface area contributed by atoms with Gasteiger partial charge in [-0.2, -0.15) is 8.42 Å². The molecule has 0 aliphatic carbocycles. The van der Waals surface area contributed by atoms with Crippen LogP contribution in [0.5, 0.6) is 46.0 Å². The number of benzene rings is 11. The summed E-state index contributed by atoms with van der Waals surface area (Å²) >= 11 is 0. The maximum Gasteiger partial charge on any atom is 0.306 e. The topological polar surface area (TPSA) is 726 Å². The molecular formula is C97H119FN24O11S. The molecule has 0 spiro atoms. The molecule has 0 fully saturated rings. The Bertz CT molecular complexity index is 5420. The van der Waals surface area contributed by atoms with Crippen molar-refractivity contribution in [2.24, 2.45) is 68.8 Å². The molecule has 0 bridgehead atoms. The first-order valence-corrected chi connectivity index (χ1v) is 43.4. The summed E-state index contributed by atoms with van der Waals surface area (Å²) in [4.78, 5) is 10.6.